The van der Waals surface area contributed by atoms with E-state index in [-0.39, 0.29) is 0 Å². The summed E-state index contributed by atoms with van der Waals surface area (Å²) in [5, 5.41) is 6.44. The lowest BCUT2D eigenvalue weighted by molar-refractivity contribution is -0.137. The number of nitrogens with one attached hydrogen (secondary N) is 2. The second kappa shape index (κ2) is 10.7. The minimum absolute atomic E-state index is 0.377. The van der Waals surface area contributed by atoms with Crippen LogP contribution >= 0.6 is 15.9 Å². The van der Waals surface area contributed by atoms with Gasteiger partial charge in [0.25, 0.3) is 0 Å². The van der Waals surface area contributed by atoms with Crippen LogP contribution in [0.4, 0.5) is 23.7 Å². The van der Waals surface area contributed by atoms with Crippen molar-refractivity contribution < 1.29 is 22.7 Å². The molecule has 1 aromatic rings. The number of anilines is 1. The predicted octanol–water partition coefficient (Wildman–Crippen LogP) is 3.70. The van der Waals surface area contributed by atoms with Crippen molar-refractivity contribution >= 4 is 27.7 Å². The highest BCUT2D eigenvalue weighted by molar-refractivity contribution is 9.10. The Labute approximate surface area is 184 Å². The average Bonchev–Trinajstić information content (AvgIpc) is 2.67. The molecule has 0 saturated carbocycles. The van der Waals surface area contributed by atoms with Crippen molar-refractivity contribution in [2.45, 2.75) is 32.5 Å². The molecule has 30 heavy (non-hydrogen) atoms. The number of rotatable bonds is 1. The number of alkyl halides is 3. The van der Waals surface area contributed by atoms with Crippen LogP contribution in [0.25, 0.3) is 0 Å². The topological polar surface area (TPSA) is 56.8 Å². The van der Waals surface area contributed by atoms with E-state index >= 15 is 0 Å². The largest absolute Gasteiger partial charge is 0.444 e. The molecule has 2 saturated heterocycles. The van der Waals surface area contributed by atoms with E-state index in [1.54, 1.807) is 31.7 Å². The molecule has 0 spiro atoms. The molecule has 0 aliphatic carbocycles. The minimum Gasteiger partial charge on any atom is -0.444 e. The lowest BCUT2D eigenvalue weighted by atomic mass is 10.1. The first kappa shape index (κ1) is 24.7. The van der Waals surface area contributed by atoms with Gasteiger partial charge >= 0.3 is 12.3 Å². The number of piperazine rings is 2. The van der Waals surface area contributed by atoms with Gasteiger partial charge < -0.3 is 25.2 Å². The molecule has 1 amide bonds. The van der Waals surface area contributed by atoms with E-state index in [2.05, 4.69) is 26.6 Å². The summed E-state index contributed by atoms with van der Waals surface area (Å²) in [6, 6.07) is 3.84. The van der Waals surface area contributed by atoms with Crippen LogP contribution in [0, 0.1) is 0 Å². The van der Waals surface area contributed by atoms with E-state index in [0.717, 1.165) is 38.3 Å². The first-order valence-electron chi connectivity index (χ1n) is 9.98. The molecule has 6 nitrogen and oxygen atoms in total. The number of carbonyl (C=O) groups excluding carboxylic acids is 1. The van der Waals surface area contributed by atoms with Gasteiger partial charge in [0, 0.05) is 62.5 Å². The molecule has 0 radical (unpaired) electrons. The Hall–Kier alpha value is -1.52. The third-order valence-electron chi connectivity index (χ3n) is 4.46. The number of amides is 1. The Kier molecular flexibility index (Phi) is 8.81. The zero-order valence-corrected chi connectivity index (χ0v) is 19.2. The molecule has 2 aliphatic heterocycles. The van der Waals surface area contributed by atoms with Crippen molar-refractivity contribution in [2.75, 3.05) is 57.3 Å². The molecule has 2 heterocycles. The summed E-state index contributed by atoms with van der Waals surface area (Å²) in [6.07, 6.45) is -4.79. The Balaban J connectivity index is 0.000000456. The van der Waals surface area contributed by atoms with Gasteiger partial charge in [-0.3, -0.25) is 0 Å². The summed E-state index contributed by atoms with van der Waals surface area (Å²) < 4.78 is 44.5. The van der Waals surface area contributed by atoms with Crippen LogP contribution in [-0.2, 0) is 10.9 Å². The fourth-order valence-corrected chi connectivity index (χ4v) is 3.48. The number of hydrogen-bond acceptors (Lipinski definition) is 5. The Morgan fingerprint density at radius 3 is 1.93 bits per heavy atom. The first-order valence-corrected chi connectivity index (χ1v) is 10.8. The van der Waals surface area contributed by atoms with Crippen molar-refractivity contribution in [3.63, 3.8) is 0 Å². The third-order valence-corrected chi connectivity index (χ3v) is 4.92. The fourth-order valence-electron chi connectivity index (χ4n) is 3.00. The molecule has 0 aromatic heterocycles. The Morgan fingerprint density at radius 2 is 1.50 bits per heavy atom. The van der Waals surface area contributed by atoms with Gasteiger partial charge in [-0.15, -0.1) is 0 Å². The highest BCUT2D eigenvalue weighted by Gasteiger charge is 2.32. The predicted molar refractivity (Wildman–Crippen MR) is 115 cm³/mol. The van der Waals surface area contributed by atoms with E-state index in [9.17, 15) is 18.0 Å². The first-order chi connectivity index (χ1) is 14.0. The lowest BCUT2D eigenvalue weighted by Crippen LogP contribution is -2.50. The molecule has 1 aromatic carbocycles. The summed E-state index contributed by atoms with van der Waals surface area (Å²) in [4.78, 5) is 15.4. The SMILES string of the molecule is C1CNCCN1.CC(C)(C)OC(=O)N1CCN(c2cc(Br)cc(C(F)(F)F)c2)CC1. The molecular weight excluding hydrogens is 465 g/mol. The van der Waals surface area contributed by atoms with E-state index in [4.69, 9.17) is 4.74 Å². The van der Waals surface area contributed by atoms with Crippen LogP contribution < -0.4 is 15.5 Å². The zero-order chi connectivity index (χ0) is 22.4. The van der Waals surface area contributed by atoms with Crippen LogP contribution in [0.2, 0.25) is 0 Å². The van der Waals surface area contributed by atoms with E-state index < -0.39 is 23.4 Å². The van der Waals surface area contributed by atoms with Gasteiger partial charge in [-0.2, -0.15) is 13.2 Å². The van der Waals surface area contributed by atoms with Gasteiger partial charge in [0.15, 0.2) is 0 Å². The van der Waals surface area contributed by atoms with Crippen LogP contribution in [-0.4, -0.2) is 69.0 Å². The molecule has 170 valence electrons. The van der Waals surface area contributed by atoms with Gasteiger partial charge in [-0.05, 0) is 39.0 Å². The van der Waals surface area contributed by atoms with Crippen molar-refractivity contribution in [1.29, 1.82) is 0 Å². The summed E-state index contributed by atoms with van der Waals surface area (Å²) in [6.45, 7) is 11.6. The van der Waals surface area contributed by atoms with Gasteiger partial charge in [0.1, 0.15) is 5.60 Å². The van der Waals surface area contributed by atoms with E-state index in [1.807, 2.05) is 4.90 Å². The van der Waals surface area contributed by atoms with Crippen LogP contribution in [0.3, 0.4) is 0 Å². The maximum atomic E-state index is 12.9. The second-order valence-corrected chi connectivity index (χ2v) is 9.07. The summed E-state index contributed by atoms with van der Waals surface area (Å²) in [7, 11) is 0. The Bertz CT molecular complexity index is 687. The standard InChI is InChI=1S/C16H20BrF3N2O2.C4H10N2/c1-15(2,3)24-14(23)22-6-4-21(5-7-22)13-9-11(16(18,19)20)8-12(17)10-13;1-2-6-4-3-5-1/h8-10H,4-7H2,1-3H3;5-6H,1-4H2. The monoisotopic (exact) mass is 494 g/mol. The second-order valence-electron chi connectivity index (χ2n) is 8.15. The van der Waals surface area contributed by atoms with Crippen molar-refractivity contribution in [3.05, 3.63) is 28.2 Å². The molecule has 2 aliphatic rings. The number of nitrogens with zero attached hydrogens (tertiary/aromatic N) is 2. The van der Waals surface area contributed by atoms with Gasteiger partial charge in [0.2, 0.25) is 0 Å². The molecule has 10 heteroatoms. The van der Waals surface area contributed by atoms with Crippen molar-refractivity contribution in [2.24, 2.45) is 0 Å². The molecule has 0 unspecified atom stereocenters. The molecular formula is C20H30BrF3N4O2. The van der Waals surface area contributed by atoms with E-state index in [1.165, 1.54) is 0 Å². The number of benzene rings is 1. The van der Waals surface area contributed by atoms with Crippen LogP contribution in [0.1, 0.15) is 26.3 Å². The third kappa shape index (κ3) is 8.31. The lowest BCUT2D eigenvalue weighted by Gasteiger charge is -2.37. The smallest absolute Gasteiger partial charge is 0.416 e. The van der Waals surface area contributed by atoms with Crippen molar-refractivity contribution in [1.82, 2.24) is 15.5 Å². The molecule has 0 atom stereocenters. The maximum Gasteiger partial charge on any atom is 0.416 e. The summed E-state index contributed by atoms with van der Waals surface area (Å²) >= 11 is 3.13. The van der Waals surface area contributed by atoms with Gasteiger partial charge in [0.05, 0.1) is 5.56 Å². The summed E-state index contributed by atoms with van der Waals surface area (Å²) in [5.74, 6) is 0. The number of halogens is 4. The fraction of sp³-hybridized carbons (Fsp3) is 0.650. The molecule has 0 bridgehead atoms. The number of carbonyl (C=O) groups is 1. The van der Waals surface area contributed by atoms with Crippen LogP contribution in [0.5, 0.6) is 0 Å². The number of hydrogen-bond donors (Lipinski definition) is 2. The maximum absolute atomic E-state index is 12.9. The van der Waals surface area contributed by atoms with Crippen LogP contribution in [0.15, 0.2) is 22.7 Å². The quantitative estimate of drug-likeness (QED) is 0.623. The van der Waals surface area contributed by atoms with E-state index in [0.29, 0.717) is 36.3 Å². The summed E-state index contributed by atoms with van der Waals surface area (Å²) in [5.41, 5.74) is -0.776. The minimum atomic E-state index is -4.39. The highest BCUT2D eigenvalue weighted by atomic mass is 79.9. The average molecular weight is 495 g/mol. The Morgan fingerprint density at radius 1 is 0.967 bits per heavy atom. The zero-order valence-electron chi connectivity index (χ0n) is 17.6. The molecule has 2 N–H and O–H groups in total. The highest BCUT2D eigenvalue weighted by Crippen LogP contribution is 2.34. The van der Waals surface area contributed by atoms with Crippen molar-refractivity contribution in [3.8, 4) is 0 Å². The normalized spacial score (nSPS) is 17.8. The molecule has 2 fully saturated rings. The van der Waals surface area contributed by atoms with Gasteiger partial charge in [-0.25, -0.2) is 4.79 Å². The van der Waals surface area contributed by atoms with Gasteiger partial charge in [-0.1, -0.05) is 15.9 Å². The number of ether oxygens (including phenoxy) is 1. The molecule has 3 rings (SSSR count).